The van der Waals surface area contributed by atoms with Crippen LogP contribution < -0.4 is 29.9 Å². The molecule has 41 heavy (non-hydrogen) atoms. The number of fused-ring (bicyclic) bond motifs is 1. The summed E-state index contributed by atoms with van der Waals surface area (Å²) in [6.45, 7) is 0.411. The van der Waals surface area contributed by atoms with Gasteiger partial charge in [0.2, 0.25) is 5.91 Å². The predicted octanol–water partition coefficient (Wildman–Crippen LogP) is 5.80. The van der Waals surface area contributed by atoms with Crippen molar-refractivity contribution >= 4 is 46.0 Å². The van der Waals surface area contributed by atoms with Gasteiger partial charge in [-0.25, -0.2) is 0 Å². The Morgan fingerprint density at radius 1 is 0.902 bits per heavy atom. The fourth-order valence-electron chi connectivity index (χ4n) is 5.23. The first-order valence-electron chi connectivity index (χ1n) is 13.2. The second-order valence-electron chi connectivity index (χ2n) is 9.56. The van der Waals surface area contributed by atoms with Gasteiger partial charge in [-0.15, -0.1) is 0 Å². The van der Waals surface area contributed by atoms with Crippen molar-refractivity contribution in [3.8, 4) is 11.5 Å². The molecule has 0 aliphatic carbocycles. The zero-order valence-electron chi connectivity index (χ0n) is 22.9. The lowest BCUT2D eigenvalue weighted by atomic mass is 10.1. The van der Waals surface area contributed by atoms with Crippen LogP contribution in [0.1, 0.15) is 12.8 Å². The molecule has 1 heterocycles. The summed E-state index contributed by atoms with van der Waals surface area (Å²) >= 11 is 0. The lowest BCUT2D eigenvalue weighted by Gasteiger charge is -2.41. The van der Waals surface area contributed by atoms with E-state index in [9.17, 15) is 14.7 Å². The van der Waals surface area contributed by atoms with Crippen molar-refractivity contribution in [3.63, 3.8) is 0 Å². The topological polar surface area (TPSA) is 109 Å². The highest BCUT2D eigenvalue weighted by molar-refractivity contribution is 6.02. The van der Waals surface area contributed by atoms with Crippen LogP contribution in [-0.2, 0) is 9.59 Å². The van der Waals surface area contributed by atoms with Gasteiger partial charge in [0.1, 0.15) is 17.7 Å². The Morgan fingerprint density at radius 3 is 2.17 bits per heavy atom. The number of amides is 1. The number of nitrogen functional groups attached to an aromatic ring is 1. The summed E-state index contributed by atoms with van der Waals surface area (Å²) in [4.78, 5) is 32.0. The molecule has 0 spiro atoms. The fourth-order valence-corrected chi connectivity index (χ4v) is 5.23. The number of anilines is 6. The van der Waals surface area contributed by atoms with Crippen molar-refractivity contribution < 1.29 is 24.2 Å². The predicted molar refractivity (Wildman–Crippen MR) is 161 cm³/mol. The maximum absolute atomic E-state index is 14.1. The van der Waals surface area contributed by atoms with Crippen molar-refractivity contribution in [3.05, 3.63) is 97.1 Å². The number of carboxylic acid groups (broad SMARTS) is 1. The van der Waals surface area contributed by atoms with E-state index in [2.05, 4.69) is 4.90 Å². The molecule has 3 N–H and O–H groups in total. The summed E-state index contributed by atoms with van der Waals surface area (Å²) in [7, 11) is 3.11. The molecule has 0 bridgehead atoms. The lowest BCUT2D eigenvalue weighted by Crippen LogP contribution is -2.51. The lowest BCUT2D eigenvalue weighted by molar-refractivity contribution is -0.137. The summed E-state index contributed by atoms with van der Waals surface area (Å²) in [6, 6.07) is 29.9. The number of hydrogen-bond donors (Lipinski definition) is 2. The van der Waals surface area contributed by atoms with E-state index >= 15 is 0 Å². The molecule has 5 rings (SSSR count). The van der Waals surface area contributed by atoms with E-state index in [4.69, 9.17) is 15.2 Å². The zero-order chi connectivity index (χ0) is 28.9. The van der Waals surface area contributed by atoms with Gasteiger partial charge in [0.25, 0.3) is 0 Å². The maximum Gasteiger partial charge on any atom is 0.307 e. The molecular formula is C32H32N4O5. The van der Waals surface area contributed by atoms with E-state index in [1.54, 1.807) is 43.4 Å². The molecule has 0 saturated carbocycles. The van der Waals surface area contributed by atoms with Crippen LogP contribution in [0.15, 0.2) is 97.1 Å². The Bertz CT molecular complexity index is 1530. The van der Waals surface area contributed by atoms with Gasteiger partial charge in [-0.2, -0.15) is 0 Å². The van der Waals surface area contributed by atoms with Gasteiger partial charge in [-0.1, -0.05) is 36.4 Å². The summed E-state index contributed by atoms with van der Waals surface area (Å²) in [5.74, 6) is -0.184. The minimum absolute atomic E-state index is 0.155. The van der Waals surface area contributed by atoms with Crippen LogP contribution in [0.4, 0.5) is 34.1 Å². The highest BCUT2D eigenvalue weighted by Gasteiger charge is 2.38. The van der Waals surface area contributed by atoms with Crippen LogP contribution >= 0.6 is 0 Å². The molecule has 1 unspecified atom stereocenters. The molecule has 210 valence electrons. The number of carbonyl (C=O) groups excluding carboxylic acids is 1. The second-order valence-corrected chi connectivity index (χ2v) is 9.56. The van der Waals surface area contributed by atoms with E-state index in [0.29, 0.717) is 40.8 Å². The van der Waals surface area contributed by atoms with E-state index in [-0.39, 0.29) is 18.7 Å². The maximum atomic E-state index is 14.1. The van der Waals surface area contributed by atoms with Crippen LogP contribution in [-0.4, -0.2) is 43.9 Å². The minimum Gasteiger partial charge on any atom is -0.497 e. The van der Waals surface area contributed by atoms with Crippen LogP contribution in [0.2, 0.25) is 0 Å². The SMILES string of the molecule is COc1ccc(N(c2ccccc2)C(CC(=O)O)N2C(=O)CCN(c3ccccc3)c3ccc(OC)cc32)c(N)c1. The third-order valence-electron chi connectivity index (χ3n) is 7.10. The summed E-state index contributed by atoms with van der Waals surface area (Å²) in [6.07, 6.45) is -1.20. The standard InChI is InChI=1S/C32H32N4O5/c1-40-24-13-15-27(26(33)19-24)35(23-11-7-4-8-12-23)30(21-32(38)39)36-29-20-25(41-2)14-16-28(29)34(18-17-31(36)37)22-9-5-3-6-10-22/h3-16,19-20,30H,17-18,21,33H2,1-2H3,(H,38,39). The Balaban J connectivity index is 1.75. The monoisotopic (exact) mass is 552 g/mol. The number of carboxylic acids is 1. The molecule has 4 aromatic carbocycles. The van der Waals surface area contributed by atoms with Crippen LogP contribution in [0.3, 0.4) is 0 Å². The number of aliphatic carboxylic acids is 1. The highest BCUT2D eigenvalue weighted by Crippen LogP contribution is 2.44. The third kappa shape index (κ3) is 5.60. The number of benzene rings is 4. The van der Waals surface area contributed by atoms with E-state index < -0.39 is 12.1 Å². The molecule has 4 aromatic rings. The van der Waals surface area contributed by atoms with Gasteiger partial charge in [0.15, 0.2) is 0 Å². The number of ether oxygens (including phenoxy) is 2. The molecule has 9 nitrogen and oxygen atoms in total. The van der Waals surface area contributed by atoms with E-state index in [1.807, 2.05) is 77.7 Å². The number of nitrogens with two attached hydrogens (primary N) is 1. The summed E-state index contributed by atoms with van der Waals surface area (Å²) in [5.41, 5.74) is 10.4. The fraction of sp³-hybridized carbons (Fsp3) is 0.188. The largest absolute Gasteiger partial charge is 0.497 e. The second kappa shape index (κ2) is 11.9. The van der Waals surface area contributed by atoms with Gasteiger partial charge in [-0.3, -0.25) is 14.5 Å². The first kappa shape index (κ1) is 27.4. The van der Waals surface area contributed by atoms with Crippen molar-refractivity contribution in [2.24, 2.45) is 0 Å². The number of methoxy groups -OCH3 is 2. The molecule has 0 saturated heterocycles. The Hall–Kier alpha value is -5.18. The van der Waals surface area contributed by atoms with Crippen molar-refractivity contribution in [2.75, 3.05) is 41.2 Å². The number of nitrogens with zero attached hydrogens (tertiary/aromatic N) is 3. The number of hydrogen-bond acceptors (Lipinski definition) is 7. The molecule has 0 fully saturated rings. The first-order chi connectivity index (χ1) is 19.9. The Morgan fingerprint density at radius 2 is 1.54 bits per heavy atom. The summed E-state index contributed by atoms with van der Waals surface area (Å²) < 4.78 is 10.9. The average molecular weight is 553 g/mol. The van der Waals surface area contributed by atoms with Gasteiger partial charge in [0, 0.05) is 36.5 Å². The van der Waals surface area contributed by atoms with E-state index in [1.165, 1.54) is 0 Å². The van der Waals surface area contributed by atoms with E-state index in [0.717, 1.165) is 11.4 Å². The number of rotatable bonds is 9. The number of para-hydroxylation sites is 2. The van der Waals surface area contributed by atoms with Gasteiger partial charge in [-0.05, 0) is 48.5 Å². The molecular weight excluding hydrogens is 520 g/mol. The molecule has 0 aromatic heterocycles. The van der Waals surface area contributed by atoms with Crippen LogP contribution in [0.25, 0.3) is 0 Å². The van der Waals surface area contributed by atoms with Crippen molar-refractivity contribution in [1.82, 2.24) is 0 Å². The Kier molecular flexibility index (Phi) is 7.96. The quantitative estimate of drug-likeness (QED) is 0.251. The molecule has 9 heteroatoms. The molecule has 1 amide bonds. The molecule has 1 aliphatic rings. The van der Waals surface area contributed by atoms with Crippen LogP contribution in [0.5, 0.6) is 11.5 Å². The third-order valence-corrected chi connectivity index (χ3v) is 7.10. The van der Waals surface area contributed by atoms with Crippen molar-refractivity contribution in [2.45, 2.75) is 19.0 Å². The molecule has 1 aliphatic heterocycles. The molecule has 1 atom stereocenters. The van der Waals surface area contributed by atoms with Gasteiger partial charge in [0.05, 0.1) is 43.4 Å². The van der Waals surface area contributed by atoms with Crippen LogP contribution in [0, 0.1) is 0 Å². The molecule has 0 radical (unpaired) electrons. The normalized spacial score (nSPS) is 13.7. The Labute approximate surface area is 238 Å². The first-order valence-corrected chi connectivity index (χ1v) is 13.2. The average Bonchev–Trinajstić information content (AvgIpc) is 3.13. The summed E-state index contributed by atoms with van der Waals surface area (Å²) in [5, 5.41) is 10.2. The number of carbonyl (C=O) groups is 2. The van der Waals surface area contributed by atoms with Gasteiger partial charge < -0.3 is 30.1 Å². The minimum atomic E-state index is -1.07. The van der Waals surface area contributed by atoms with Crippen molar-refractivity contribution in [1.29, 1.82) is 0 Å². The smallest absolute Gasteiger partial charge is 0.307 e. The van der Waals surface area contributed by atoms with Gasteiger partial charge >= 0.3 is 5.97 Å². The zero-order valence-corrected chi connectivity index (χ0v) is 22.9. The highest BCUT2D eigenvalue weighted by atomic mass is 16.5.